The first-order valence-electron chi connectivity index (χ1n) is 6.35. The van der Waals surface area contributed by atoms with Crippen molar-refractivity contribution in [1.82, 2.24) is 4.90 Å². The molecule has 1 aromatic rings. The molecule has 0 radical (unpaired) electrons. The zero-order valence-electron chi connectivity index (χ0n) is 12.1. The second-order valence-electron chi connectivity index (χ2n) is 5.65. The molecule has 3 heteroatoms. The molecule has 0 bridgehead atoms. The van der Waals surface area contributed by atoms with Gasteiger partial charge in [0.1, 0.15) is 5.75 Å². The zero-order valence-corrected chi connectivity index (χ0v) is 12.1. The van der Waals surface area contributed by atoms with Gasteiger partial charge in [-0.1, -0.05) is 32.0 Å². The molecule has 0 aliphatic heterocycles. The normalized spacial score (nSPS) is 13.7. The Labute approximate surface area is 110 Å². The maximum Gasteiger partial charge on any atom is 0.123 e. The fourth-order valence-electron chi connectivity index (χ4n) is 2.01. The van der Waals surface area contributed by atoms with Gasteiger partial charge in [-0.15, -0.1) is 0 Å². The molecule has 102 valence electrons. The number of aliphatic hydroxyl groups excluding tert-OH is 1. The van der Waals surface area contributed by atoms with E-state index in [1.54, 1.807) is 7.11 Å². The molecule has 18 heavy (non-hydrogen) atoms. The monoisotopic (exact) mass is 251 g/mol. The highest BCUT2D eigenvalue weighted by Crippen LogP contribution is 2.24. The molecule has 1 atom stereocenters. The van der Waals surface area contributed by atoms with Gasteiger partial charge in [0.25, 0.3) is 0 Å². The molecule has 0 fully saturated rings. The Kier molecular flexibility index (Phi) is 5.17. The van der Waals surface area contributed by atoms with Crippen molar-refractivity contribution in [3.8, 4) is 5.75 Å². The molecule has 3 nitrogen and oxygen atoms in total. The fraction of sp³-hybridized carbons (Fsp3) is 0.600. The number of rotatable bonds is 6. The van der Waals surface area contributed by atoms with Gasteiger partial charge in [-0.25, -0.2) is 0 Å². The van der Waals surface area contributed by atoms with Crippen molar-refractivity contribution in [2.75, 3.05) is 20.7 Å². The molecule has 0 saturated heterocycles. The smallest absolute Gasteiger partial charge is 0.123 e. The summed E-state index contributed by atoms with van der Waals surface area (Å²) in [7, 11) is 3.76. The van der Waals surface area contributed by atoms with Gasteiger partial charge in [0.2, 0.25) is 0 Å². The van der Waals surface area contributed by atoms with Crippen molar-refractivity contribution in [2.24, 2.45) is 5.41 Å². The van der Waals surface area contributed by atoms with E-state index in [0.717, 1.165) is 18.8 Å². The van der Waals surface area contributed by atoms with Crippen molar-refractivity contribution in [2.45, 2.75) is 33.4 Å². The molecule has 0 spiro atoms. The Morgan fingerprint density at radius 1 is 1.33 bits per heavy atom. The molecular weight excluding hydrogens is 226 g/mol. The number of para-hydroxylation sites is 1. The molecule has 1 aromatic carbocycles. The van der Waals surface area contributed by atoms with Gasteiger partial charge in [0, 0.05) is 24.1 Å². The number of methoxy groups -OCH3 is 1. The summed E-state index contributed by atoms with van der Waals surface area (Å²) < 4.78 is 5.35. The number of aliphatic hydroxyl groups is 1. The third kappa shape index (κ3) is 4.00. The lowest BCUT2D eigenvalue weighted by molar-refractivity contribution is 0.0390. The minimum absolute atomic E-state index is 0.114. The summed E-state index contributed by atoms with van der Waals surface area (Å²) in [6, 6.07) is 8.04. The highest BCUT2D eigenvalue weighted by Gasteiger charge is 2.25. The van der Waals surface area contributed by atoms with Crippen LogP contribution >= 0.6 is 0 Å². The van der Waals surface area contributed by atoms with Crippen LogP contribution in [0.5, 0.6) is 5.75 Å². The Morgan fingerprint density at radius 3 is 2.50 bits per heavy atom. The van der Waals surface area contributed by atoms with E-state index in [0.29, 0.717) is 0 Å². The Bertz CT molecular complexity index is 375. The van der Waals surface area contributed by atoms with E-state index in [1.807, 2.05) is 25.1 Å². The van der Waals surface area contributed by atoms with Crippen molar-refractivity contribution >= 4 is 0 Å². The van der Waals surface area contributed by atoms with Crippen molar-refractivity contribution in [3.05, 3.63) is 29.8 Å². The van der Waals surface area contributed by atoms with Gasteiger partial charge in [0.05, 0.1) is 13.2 Å². The molecule has 0 aliphatic carbocycles. The van der Waals surface area contributed by atoms with Crippen LogP contribution in [-0.4, -0.2) is 36.8 Å². The summed E-state index contributed by atoms with van der Waals surface area (Å²) in [5.41, 5.74) is 1.06. The van der Waals surface area contributed by atoms with Crippen LogP contribution in [0.2, 0.25) is 0 Å². The first-order chi connectivity index (χ1) is 8.36. The summed E-state index contributed by atoms with van der Waals surface area (Å²) in [6.45, 7) is 7.66. The molecule has 0 amide bonds. The number of nitrogens with zero attached hydrogens (tertiary/aromatic N) is 1. The average molecular weight is 251 g/mol. The highest BCUT2D eigenvalue weighted by molar-refractivity contribution is 5.33. The second-order valence-corrected chi connectivity index (χ2v) is 5.65. The van der Waals surface area contributed by atoms with Crippen LogP contribution in [0.25, 0.3) is 0 Å². The molecule has 0 saturated carbocycles. The van der Waals surface area contributed by atoms with Gasteiger partial charge in [-0.2, -0.15) is 0 Å². The molecule has 1 unspecified atom stereocenters. The predicted molar refractivity (Wildman–Crippen MR) is 74.8 cm³/mol. The second kappa shape index (κ2) is 6.21. The van der Waals surface area contributed by atoms with Crippen LogP contribution in [0.3, 0.4) is 0 Å². The average Bonchev–Trinajstić information content (AvgIpc) is 2.28. The topological polar surface area (TPSA) is 32.7 Å². The lowest BCUT2D eigenvalue weighted by atomic mass is 9.87. The first kappa shape index (κ1) is 15.0. The summed E-state index contributed by atoms with van der Waals surface area (Å²) in [5, 5.41) is 9.74. The predicted octanol–water partition coefficient (Wildman–Crippen LogP) is 2.53. The van der Waals surface area contributed by atoms with Crippen LogP contribution < -0.4 is 4.74 Å². The third-order valence-electron chi connectivity index (χ3n) is 3.44. The van der Waals surface area contributed by atoms with Crippen LogP contribution in [0.15, 0.2) is 24.3 Å². The van der Waals surface area contributed by atoms with Gasteiger partial charge >= 0.3 is 0 Å². The number of benzene rings is 1. The standard InChI is InChI=1S/C15H25NO2/c1-12(17)15(2,3)11-16(4)10-13-8-6-7-9-14(13)18-5/h6-9,12,17H,10-11H2,1-5H3. The van der Waals surface area contributed by atoms with E-state index in [2.05, 4.69) is 31.9 Å². The van der Waals surface area contributed by atoms with E-state index in [-0.39, 0.29) is 11.5 Å². The zero-order chi connectivity index (χ0) is 13.8. The molecule has 1 N–H and O–H groups in total. The summed E-state index contributed by atoms with van der Waals surface area (Å²) in [4.78, 5) is 2.21. The van der Waals surface area contributed by atoms with Gasteiger partial charge < -0.3 is 14.7 Å². The quantitative estimate of drug-likeness (QED) is 0.843. The Balaban J connectivity index is 2.67. The van der Waals surface area contributed by atoms with E-state index >= 15 is 0 Å². The van der Waals surface area contributed by atoms with E-state index in [9.17, 15) is 5.11 Å². The Hall–Kier alpha value is -1.06. The van der Waals surface area contributed by atoms with Crippen molar-refractivity contribution < 1.29 is 9.84 Å². The summed E-state index contributed by atoms with van der Waals surface area (Å²) >= 11 is 0. The number of hydrogen-bond donors (Lipinski definition) is 1. The summed E-state index contributed by atoms with van der Waals surface area (Å²) in [6.07, 6.45) is -0.322. The van der Waals surface area contributed by atoms with E-state index in [1.165, 1.54) is 5.56 Å². The maximum absolute atomic E-state index is 9.74. The first-order valence-corrected chi connectivity index (χ1v) is 6.35. The highest BCUT2D eigenvalue weighted by atomic mass is 16.5. The largest absolute Gasteiger partial charge is 0.496 e. The minimum Gasteiger partial charge on any atom is -0.496 e. The number of ether oxygens (including phenoxy) is 1. The van der Waals surface area contributed by atoms with Gasteiger partial charge in [-0.05, 0) is 20.0 Å². The third-order valence-corrected chi connectivity index (χ3v) is 3.44. The van der Waals surface area contributed by atoms with E-state index < -0.39 is 0 Å². The summed E-state index contributed by atoms with van der Waals surface area (Å²) in [5.74, 6) is 0.916. The maximum atomic E-state index is 9.74. The van der Waals surface area contributed by atoms with Crippen molar-refractivity contribution in [1.29, 1.82) is 0 Å². The molecular formula is C15H25NO2. The Morgan fingerprint density at radius 2 is 1.94 bits per heavy atom. The van der Waals surface area contributed by atoms with E-state index in [4.69, 9.17) is 4.74 Å². The molecule has 1 rings (SSSR count). The van der Waals surface area contributed by atoms with Crippen molar-refractivity contribution in [3.63, 3.8) is 0 Å². The minimum atomic E-state index is -0.322. The van der Waals surface area contributed by atoms with Crippen LogP contribution in [-0.2, 0) is 6.54 Å². The molecule has 0 heterocycles. The van der Waals surface area contributed by atoms with Gasteiger partial charge in [0.15, 0.2) is 0 Å². The SMILES string of the molecule is COc1ccccc1CN(C)CC(C)(C)C(C)O. The lowest BCUT2D eigenvalue weighted by Crippen LogP contribution is -2.38. The number of hydrogen-bond acceptors (Lipinski definition) is 3. The fourth-order valence-corrected chi connectivity index (χ4v) is 2.01. The van der Waals surface area contributed by atoms with Crippen LogP contribution in [0.1, 0.15) is 26.3 Å². The van der Waals surface area contributed by atoms with Gasteiger partial charge in [-0.3, -0.25) is 0 Å². The van der Waals surface area contributed by atoms with Crippen LogP contribution in [0, 0.1) is 5.41 Å². The molecule has 0 aromatic heterocycles. The van der Waals surface area contributed by atoms with Crippen LogP contribution in [0.4, 0.5) is 0 Å². The molecule has 0 aliphatic rings. The lowest BCUT2D eigenvalue weighted by Gasteiger charge is -2.33.